The molecule has 1 aromatic heterocycles. The van der Waals surface area contributed by atoms with Crippen LogP contribution in [0.25, 0.3) is 11.0 Å². The zero-order valence-electron chi connectivity index (χ0n) is 26.0. The van der Waals surface area contributed by atoms with E-state index < -0.39 is 29.5 Å². The molecule has 3 aromatic carbocycles. The molecule has 2 aliphatic rings. The Hall–Kier alpha value is -4.57. The second-order valence-electron chi connectivity index (χ2n) is 12.3. The van der Waals surface area contributed by atoms with Crippen molar-refractivity contribution in [1.29, 1.82) is 0 Å². The third-order valence-electron chi connectivity index (χ3n) is 8.93. The predicted molar refractivity (Wildman–Crippen MR) is 176 cm³/mol. The molecule has 1 saturated heterocycles. The number of nitrogens with one attached hydrogen (secondary N) is 1. The van der Waals surface area contributed by atoms with E-state index in [1.165, 1.54) is 22.8 Å². The molecule has 1 aliphatic carbocycles. The summed E-state index contributed by atoms with van der Waals surface area (Å²) in [6.07, 6.45) is 2.65. The van der Waals surface area contributed by atoms with E-state index in [2.05, 4.69) is 28.3 Å². The van der Waals surface area contributed by atoms with Gasteiger partial charge in [-0.1, -0.05) is 59.6 Å². The Kier molecular flexibility index (Phi) is 9.91. The van der Waals surface area contributed by atoms with Crippen molar-refractivity contribution in [3.05, 3.63) is 122 Å². The van der Waals surface area contributed by atoms with Crippen LogP contribution in [-0.4, -0.2) is 35.7 Å². The molecule has 2 fully saturated rings. The molecular weight excluding hydrogens is 645 g/mol. The van der Waals surface area contributed by atoms with Gasteiger partial charge < -0.3 is 19.4 Å². The standard InChI is InChI=1S/C37H34ClF3N2O5/c38-27-13-9-24(10-14-27)19-28(42-36(46)34-21-32(44)31-20-29(48-37(39,40)41)15-16-33(31)47-34)18-23-7-11-25(12-8-23)30-5-2-1-4-26(30)22-43-17-3-6-35(43)45/h1-2,4-5,9-10,13-16,18,20-21,25,28H,3,6-8,11-12,17,19,22H2,(H,42,46)/t25?,28-/m0/s1. The lowest BCUT2D eigenvalue weighted by molar-refractivity contribution is -0.274. The number of rotatable bonds is 9. The van der Waals surface area contributed by atoms with Gasteiger partial charge in [-0.15, -0.1) is 13.2 Å². The van der Waals surface area contributed by atoms with Crippen LogP contribution >= 0.6 is 11.6 Å². The minimum atomic E-state index is -4.92. The third kappa shape index (κ3) is 8.28. The van der Waals surface area contributed by atoms with Crippen molar-refractivity contribution >= 4 is 34.4 Å². The first-order valence-electron chi connectivity index (χ1n) is 15.9. The highest BCUT2D eigenvalue weighted by molar-refractivity contribution is 6.30. The molecule has 0 bridgehead atoms. The normalized spacial score (nSPS) is 17.4. The van der Waals surface area contributed by atoms with Crippen molar-refractivity contribution in [2.75, 3.05) is 6.54 Å². The summed E-state index contributed by atoms with van der Waals surface area (Å²) >= 11 is 6.10. The number of ether oxygens (including phenoxy) is 1. The molecule has 250 valence electrons. The second kappa shape index (κ2) is 14.3. The van der Waals surface area contributed by atoms with Crippen molar-refractivity contribution < 1.29 is 31.9 Å². The zero-order valence-corrected chi connectivity index (χ0v) is 26.8. The van der Waals surface area contributed by atoms with Crippen molar-refractivity contribution in [1.82, 2.24) is 10.2 Å². The molecule has 7 nitrogen and oxygen atoms in total. The van der Waals surface area contributed by atoms with Gasteiger partial charge in [0.15, 0.2) is 11.2 Å². The summed E-state index contributed by atoms with van der Waals surface area (Å²) in [5, 5.41) is 3.43. The number of alkyl halides is 3. The molecule has 48 heavy (non-hydrogen) atoms. The van der Waals surface area contributed by atoms with Gasteiger partial charge in [0.25, 0.3) is 5.91 Å². The average molecular weight is 679 g/mol. The zero-order chi connectivity index (χ0) is 33.8. The summed E-state index contributed by atoms with van der Waals surface area (Å²) in [7, 11) is 0. The Bertz CT molecular complexity index is 1890. The Balaban J connectivity index is 1.19. The minimum Gasteiger partial charge on any atom is -0.451 e. The summed E-state index contributed by atoms with van der Waals surface area (Å²) in [6.45, 7) is 1.43. The fourth-order valence-electron chi connectivity index (χ4n) is 6.61. The highest BCUT2D eigenvalue weighted by Gasteiger charge is 2.31. The van der Waals surface area contributed by atoms with Gasteiger partial charge in [0.2, 0.25) is 5.91 Å². The summed E-state index contributed by atoms with van der Waals surface area (Å²) < 4.78 is 47.6. The van der Waals surface area contributed by atoms with Crippen molar-refractivity contribution in [3.8, 4) is 5.75 Å². The fourth-order valence-corrected chi connectivity index (χ4v) is 6.74. The molecule has 0 spiro atoms. The number of amides is 2. The number of fused-ring (bicyclic) bond motifs is 1. The van der Waals surface area contributed by atoms with Crippen LogP contribution in [0.1, 0.15) is 71.7 Å². The van der Waals surface area contributed by atoms with Gasteiger partial charge in [-0.05, 0) is 91.5 Å². The van der Waals surface area contributed by atoms with E-state index in [9.17, 15) is 27.6 Å². The SMILES string of the molecule is O=C(N[C@@H](C=C1CCC(c2ccccc2CN2CCCC2=O)CC1)Cc1ccc(Cl)cc1)c1cc(=O)c2cc(OC(F)(F)F)ccc2o1. The molecule has 4 aromatic rings. The summed E-state index contributed by atoms with van der Waals surface area (Å²) in [5.74, 6) is -0.879. The lowest BCUT2D eigenvalue weighted by Gasteiger charge is -2.28. The number of halogens is 4. The predicted octanol–water partition coefficient (Wildman–Crippen LogP) is 8.09. The molecule has 0 radical (unpaired) electrons. The first-order valence-corrected chi connectivity index (χ1v) is 16.3. The number of allylic oxidation sites excluding steroid dienone is 1. The molecule has 1 N–H and O–H groups in total. The molecule has 1 saturated carbocycles. The van der Waals surface area contributed by atoms with Gasteiger partial charge in [0, 0.05) is 30.6 Å². The maximum atomic E-state index is 13.4. The molecule has 1 aliphatic heterocycles. The quantitative estimate of drug-likeness (QED) is 0.181. The fraction of sp³-hybridized carbons (Fsp3) is 0.324. The monoisotopic (exact) mass is 678 g/mol. The Morgan fingerprint density at radius 2 is 1.77 bits per heavy atom. The van der Waals surface area contributed by atoms with Gasteiger partial charge in [0.1, 0.15) is 11.3 Å². The van der Waals surface area contributed by atoms with Gasteiger partial charge in [0.05, 0.1) is 11.4 Å². The smallest absolute Gasteiger partial charge is 0.451 e. The van der Waals surface area contributed by atoms with Crippen molar-refractivity contribution in [3.63, 3.8) is 0 Å². The van der Waals surface area contributed by atoms with E-state index in [0.29, 0.717) is 30.3 Å². The Labute approximate surface area is 280 Å². The molecular formula is C37H34ClF3N2O5. The van der Waals surface area contributed by atoms with Crippen molar-refractivity contribution in [2.24, 2.45) is 0 Å². The number of benzene rings is 3. The molecule has 2 amide bonds. The minimum absolute atomic E-state index is 0.0394. The number of carbonyl (C=O) groups excluding carboxylic acids is 2. The molecule has 0 unspecified atom stereocenters. The largest absolute Gasteiger partial charge is 0.573 e. The maximum absolute atomic E-state index is 13.4. The Morgan fingerprint density at radius 3 is 2.48 bits per heavy atom. The maximum Gasteiger partial charge on any atom is 0.573 e. The van der Waals surface area contributed by atoms with Crippen molar-refractivity contribution in [2.45, 2.75) is 69.8 Å². The lowest BCUT2D eigenvalue weighted by atomic mass is 9.79. The van der Waals surface area contributed by atoms with Crippen LogP contribution in [0, 0.1) is 0 Å². The van der Waals surface area contributed by atoms with E-state index in [-0.39, 0.29) is 22.6 Å². The number of likely N-dealkylation sites (tertiary alicyclic amines) is 1. The van der Waals surface area contributed by atoms with Crippen LogP contribution < -0.4 is 15.5 Å². The summed E-state index contributed by atoms with van der Waals surface area (Å²) in [6, 6.07) is 19.3. The first kappa shape index (κ1) is 33.3. The highest BCUT2D eigenvalue weighted by atomic mass is 35.5. The number of hydrogen-bond donors (Lipinski definition) is 1. The number of carbonyl (C=O) groups is 2. The topological polar surface area (TPSA) is 88.9 Å². The molecule has 6 rings (SSSR count). The van der Waals surface area contributed by atoms with E-state index >= 15 is 0 Å². The van der Waals surface area contributed by atoms with Crippen LogP contribution in [0.2, 0.25) is 5.02 Å². The van der Waals surface area contributed by atoms with Crippen LogP contribution in [-0.2, 0) is 17.8 Å². The third-order valence-corrected chi connectivity index (χ3v) is 9.19. The van der Waals surface area contributed by atoms with E-state index in [1.54, 1.807) is 12.1 Å². The average Bonchev–Trinajstić information content (AvgIpc) is 3.46. The van der Waals surface area contributed by atoms with Gasteiger partial charge >= 0.3 is 6.36 Å². The van der Waals surface area contributed by atoms with Crippen LogP contribution in [0.15, 0.2) is 93.7 Å². The first-order chi connectivity index (χ1) is 23.0. The van der Waals surface area contributed by atoms with E-state index in [1.807, 2.05) is 29.2 Å². The number of hydrogen-bond acceptors (Lipinski definition) is 5. The van der Waals surface area contributed by atoms with Crippen LogP contribution in [0.3, 0.4) is 0 Å². The van der Waals surface area contributed by atoms with Gasteiger partial charge in [-0.2, -0.15) is 0 Å². The summed E-state index contributed by atoms with van der Waals surface area (Å²) in [5.41, 5.74) is 3.91. The van der Waals surface area contributed by atoms with E-state index in [0.717, 1.165) is 62.4 Å². The lowest BCUT2D eigenvalue weighted by Crippen LogP contribution is -2.36. The molecule has 11 heteroatoms. The van der Waals surface area contributed by atoms with Crippen LogP contribution in [0.4, 0.5) is 13.2 Å². The highest BCUT2D eigenvalue weighted by Crippen LogP contribution is 2.38. The van der Waals surface area contributed by atoms with Crippen LogP contribution in [0.5, 0.6) is 5.75 Å². The van der Waals surface area contributed by atoms with Gasteiger partial charge in [-0.3, -0.25) is 14.4 Å². The van der Waals surface area contributed by atoms with E-state index in [4.69, 9.17) is 16.0 Å². The number of nitrogens with zero attached hydrogens (tertiary/aromatic N) is 1. The Morgan fingerprint density at radius 1 is 1.02 bits per heavy atom. The second-order valence-corrected chi connectivity index (χ2v) is 12.7. The summed E-state index contributed by atoms with van der Waals surface area (Å²) in [4.78, 5) is 40.5. The van der Waals surface area contributed by atoms with Gasteiger partial charge in [-0.25, -0.2) is 0 Å². The molecule has 1 atom stereocenters. The molecule has 2 heterocycles.